The van der Waals surface area contributed by atoms with Gasteiger partial charge < -0.3 is 5.32 Å². The number of rotatable bonds is 2. The second-order valence-electron chi connectivity index (χ2n) is 7.90. The van der Waals surface area contributed by atoms with Crippen LogP contribution in [0.3, 0.4) is 0 Å². The number of carbonyl (C=O) groups excluding carboxylic acids is 1. The largest absolute Gasteiger partial charge is 0.323 e. The van der Waals surface area contributed by atoms with Crippen LogP contribution in [0.1, 0.15) is 49.8 Å². The average Bonchev–Trinajstić information content (AvgIpc) is 2.41. The molecule has 0 saturated heterocycles. The minimum Gasteiger partial charge on any atom is -0.323 e. The molecule has 4 bridgehead atoms. The van der Waals surface area contributed by atoms with Gasteiger partial charge in [0, 0.05) is 5.69 Å². The molecule has 1 amide bonds. The molecule has 118 valence electrons. The first kappa shape index (κ1) is 14.5. The zero-order valence-corrected chi connectivity index (χ0v) is 14.0. The van der Waals surface area contributed by atoms with Crippen LogP contribution in [0.2, 0.25) is 5.15 Å². The lowest BCUT2D eigenvalue weighted by Gasteiger charge is -2.55. The number of hydrogen-bond acceptors (Lipinski definition) is 2. The Morgan fingerprint density at radius 3 is 2.23 bits per heavy atom. The first-order valence-corrected chi connectivity index (χ1v) is 8.78. The van der Waals surface area contributed by atoms with Gasteiger partial charge in [0.2, 0.25) is 5.91 Å². The van der Waals surface area contributed by atoms with Gasteiger partial charge in [0.25, 0.3) is 0 Å². The normalized spacial score (nSPS) is 35.7. The highest BCUT2D eigenvalue weighted by molar-refractivity contribution is 6.32. The number of anilines is 1. The maximum Gasteiger partial charge on any atom is 0.230 e. The first-order chi connectivity index (χ1) is 10.4. The minimum absolute atomic E-state index is 0.143. The van der Waals surface area contributed by atoms with E-state index in [4.69, 9.17) is 11.6 Å². The molecule has 0 aliphatic heterocycles. The molecule has 0 atom stereocenters. The second kappa shape index (κ2) is 4.95. The molecule has 1 aromatic heterocycles. The molecule has 1 aromatic rings. The summed E-state index contributed by atoms with van der Waals surface area (Å²) in [4.78, 5) is 17.3. The number of aryl methyl sites for hydroxylation is 2. The lowest BCUT2D eigenvalue weighted by molar-refractivity contribution is -0.140. The third-order valence-electron chi connectivity index (χ3n) is 6.06. The van der Waals surface area contributed by atoms with E-state index in [9.17, 15) is 4.79 Å². The van der Waals surface area contributed by atoms with Crippen LogP contribution < -0.4 is 5.32 Å². The van der Waals surface area contributed by atoms with E-state index in [1.807, 2.05) is 19.9 Å². The number of nitrogens with one attached hydrogen (secondary N) is 1. The van der Waals surface area contributed by atoms with Crippen molar-refractivity contribution in [1.29, 1.82) is 0 Å². The summed E-state index contributed by atoms with van der Waals surface area (Å²) in [7, 11) is 0. The molecule has 4 aliphatic carbocycles. The predicted octanol–water partition coefficient (Wildman–Crippen LogP) is 4.51. The molecular formula is C18H23ClN2O. The molecule has 0 spiro atoms. The molecule has 1 heterocycles. The van der Waals surface area contributed by atoms with Gasteiger partial charge in [-0.3, -0.25) is 4.79 Å². The molecular weight excluding hydrogens is 296 g/mol. The Hall–Kier alpha value is -1.09. The van der Waals surface area contributed by atoms with Crippen molar-refractivity contribution in [2.24, 2.45) is 23.2 Å². The third-order valence-corrected chi connectivity index (χ3v) is 6.33. The Bertz CT molecular complexity index is 582. The second-order valence-corrected chi connectivity index (χ2v) is 8.26. The molecule has 4 fully saturated rings. The summed E-state index contributed by atoms with van der Waals surface area (Å²) in [5.41, 5.74) is 2.44. The van der Waals surface area contributed by atoms with E-state index in [2.05, 4.69) is 10.3 Å². The SMILES string of the molecule is Cc1cc(C)c(NC(=O)C23CC4CC(CC(C4)C2)C3)c(Cl)n1. The molecule has 5 rings (SSSR count). The van der Waals surface area contributed by atoms with Gasteiger partial charge in [-0.1, -0.05) is 11.6 Å². The fraction of sp³-hybridized carbons (Fsp3) is 0.667. The minimum atomic E-state index is -0.143. The van der Waals surface area contributed by atoms with Gasteiger partial charge in [-0.25, -0.2) is 4.98 Å². The van der Waals surface area contributed by atoms with Crippen LogP contribution in [-0.4, -0.2) is 10.9 Å². The molecule has 4 heteroatoms. The number of aromatic nitrogens is 1. The smallest absolute Gasteiger partial charge is 0.230 e. The molecule has 0 unspecified atom stereocenters. The summed E-state index contributed by atoms with van der Waals surface area (Å²) in [6.45, 7) is 3.90. The van der Waals surface area contributed by atoms with Crippen molar-refractivity contribution in [3.05, 3.63) is 22.5 Å². The third kappa shape index (κ3) is 2.25. The van der Waals surface area contributed by atoms with Crippen LogP contribution in [0.25, 0.3) is 0 Å². The summed E-state index contributed by atoms with van der Waals surface area (Å²) < 4.78 is 0. The van der Waals surface area contributed by atoms with Crippen LogP contribution in [0.5, 0.6) is 0 Å². The quantitative estimate of drug-likeness (QED) is 0.815. The Morgan fingerprint density at radius 1 is 1.18 bits per heavy atom. The van der Waals surface area contributed by atoms with Gasteiger partial charge in [-0.05, 0) is 81.8 Å². The molecule has 1 N–H and O–H groups in total. The number of carbonyl (C=O) groups is 1. The van der Waals surface area contributed by atoms with E-state index in [1.165, 1.54) is 19.3 Å². The van der Waals surface area contributed by atoms with Crippen molar-refractivity contribution in [2.75, 3.05) is 5.32 Å². The summed E-state index contributed by atoms with van der Waals surface area (Å²) in [6.07, 6.45) is 7.25. The van der Waals surface area contributed by atoms with Crippen molar-refractivity contribution < 1.29 is 4.79 Å². The average molecular weight is 319 g/mol. The number of amides is 1. The van der Waals surface area contributed by atoms with Crippen molar-refractivity contribution in [3.8, 4) is 0 Å². The van der Waals surface area contributed by atoms with Crippen molar-refractivity contribution >= 4 is 23.2 Å². The van der Waals surface area contributed by atoms with Gasteiger partial charge in [-0.2, -0.15) is 0 Å². The molecule has 4 aliphatic rings. The zero-order chi connectivity index (χ0) is 15.5. The first-order valence-electron chi connectivity index (χ1n) is 8.40. The molecule has 3 nitrogen and oxygen atoms in total. The number of halogens is 1. The number of pyridine rings is 1. The van der Waals surface area contributed by atoms with Crippen LogP contribution in [0.4, 0.5) is 5.69 Å². The Balaban J connectivity index is 1.60. The fourth-order valence-corrected chi connectivity index (χ4v) is 5.91. The van der Waals surface area contributed by atoms with Crippen LogP contribution in [0, 0.1) is 37.0 Å². The number of nitrogens with zero attached hydrogens (tertiary/aromatic N) is 1. The van der Waals surface area contributed by atoms with Crippen LogP contribution >= 0.6 is 11.6 Å². The van der Waals surface area contributed by atoms with Gasteiger partial charge in [-0.15, -0.1) is 0 Å². The fourth-order valence-electron chi connectivity index (χ4n) is 5.58. The standard InChI is InChI=1S/C18H23ClN2O/c1-10-3-11(2)20-16(19)15(10)21-17(22)18-7-12-4-13(8-18)6-14(5-12)9-18/h3,12-14H,4-9H2,1-2H3,(H,21,22). The summed E-state index contributed by atoms with van der Waals surface area (Å²) >= 11 is 6.26. The molecule has 0 aromatic carbocycles. The van der Waals surface area contributed by atoms with Crippen molar-refractivity contribution in [2.45, 2.75) is 52.4 Å². The summed E-state index contributed by atoms with van der Waals surface area (Å²) in [5, 5.41) is 3.54. The van der Waals surface area contributed by atoms with Crippen molar-refractivity contribution in [1.82, 2.24) is 4.98 Å². The van der Waals surface area contributed by atoms with Gasteiger partial charge >= 0.3 is 0 Å². The van der Waals surface area contributed by atoms with E-state index in [1.54, 1.807) is 0 Å². The van der Waals surface area contributed by atoms with Crippen LogP contribution in [-0.2, 0) is 4.79 Å². The molecule has 0 radical (unpaired) electrons. The van der Waals surface area contributed by atoms with Crippen LogP contribution in [0.15, 0.2) is 6.07 Å². The van der Waals surface area contributed by atoms with Gasteiger partial charge in [0.05, 0.1) is 11.1 Å². The monoisotopic (exact) mass is 318 g/mol. The van der Waals surface area contributed by atoms with E-state index < -0.39 is 0 Å². The highest BCUT2D eigenvalue weighted by atomic mass is 35.5. The summed E-state index contributed by atoms with van der Waals surface area (Å²) in [5.74, 6) is 2.49. The Morgan fingerprint density at radius 2 is 1.73 bits per heavy atom. The Kier molecular flexibility index (Phi) is 3.26. The highest BCUT2D eigenvalue weighted by Crippen LogP contribution is 2.60. The van der Waals surface area contributed by atoms with E-state index in [-0.39, 0.29) is 11.3 Å². The lowest BCUT2D eigenvalue weighted by atomic mass is 9.49. The lowest BCUT2D eigenvalue weighted by Crippen LogP contribution is -2.51. The summed E-state index contributed by atoms with van der Waals surface area (Å²) in [6, 6.07) is 1.97. The van der Waals surface area contributed by atoms with E-state index in [0.29, 0.717) is 10.8 Å². The highest BCUT2D eigenvalue weighted by Gasteiger charge is 2.54. The van der Waals surface area contributed by atoms with Gasteiger partial charge in [0.15, 0.2) is 5.15 Å². The maximum absolute atomic E-state index is 13.1. The predicted molar refractivity (Wildman–Crippen MR) is 88.0 cm³/mol. The zero-order valence-electron chi connectivity index (χ0n) is 13.3. The topological polar surface area (TPSA) is 42.0 Å². The van der Waals surface area contributed by atoms with E-state index >= 15 is 0 Å². The van der Waals surface area contributed by atoms with Gasteiger partial charge in [0.1, 0.15) is 0 Å². The Labute approximate surface area is 136 Å². The molecule has 22 heavy (non-hydrogen) atoms. The molecule has 4 saturated carbocycles. The maximum atomic E-state index is 13.1. The van der Waals surface area contributed by atoms with E-state index in [0.717, 1.165) is 48.3 Å². The number of hydrogen-bond donors (Lipinski definition) is 1. The van der Waals surface area contributed by atoms with Crippen molar-refractivity contribution in [3.63, 3.8) is 0 Å².